The van der Waals surface area contributed by atoms with Crippen molar-refractivity contribution in [2.24, 2.45) is 5.92 Å². The fourth-order valence-corrected chi connectivity index (χ4v) is 6.50. The number of benzene rings is 3. The van der Waals surface area contributed by atoms with Crippen molar-refractivity contribution in [1.29, 1.82) is 0 Å². The molecule has 0 heterocycles. The minimum absolute atomic E-state index is 0.0321. The van der Waals surface area contributed by atoms with E-state index in [0.717, 1.165) is 9.87 Å². The number of hydrogen-bond donors (Lipinski definition) is 1. The van der Waals surface area contributed by atoms with Crippen molar-refractivity contribution in [3.63, 3.8) is 0 Å². The predicted octanol–water partition coefficient (Wildman–Crippen LogP) is 6.74. The number of rotatable bonds is 13. The molecule has 0 radical (unpaired) electrons. The van der Waals surface area contributed by atoms with E-state index in [-0.39, 0.29) is 46.1 Å². The van der Waals surface area contributed by atoms with Crippen LogP contribution in [0.5, 0.6) is 5.75 Å². The van der Waals surface area contributed by atoms with E-state index < -0.39 is 28.5 Å². The van der Waals surface area contributed by atoms with Gasteiger partial charge in [-0.15, -0.1) is 0 Å². The minimum atomic E-state index is -4.32. The zero-order valence-corrected chi connectivity index (χ0v) is 27.8. The molecular formula is C31H36Cl3N3O5S. The van der Waals surface area contributed by atoms with Gasteiger partial charge in [-0.25, -0.2) is 8.42 Å². The summed E-state index contributed by atoms with van der Waals surface area (Å²) in [5, 5.41) is 3.75. The number of carbonyl (C=O) groups is 2. The molecule has 2 amide bonds. The second kappa shape index (κ2) is 15.1. The van der Waals surface area contributed by atoms with Gasteiger partial charge < -0.3 is 15.0 Å². The summed E-state index contributed by atoms with van der Waals surface area (Å²) in [5.74, 6) is -0.661. The van der Waals surface area contributed by atoms with E-state index in [2.05, 4.69) is 5.32 Å². The van der Waals surface area contributed by atoms with Crippen LogP contribution in [0.25, 0.3) is 0 Å². The minimum Gasteiger partial charge on any atom is -0.495 e. The number of aryl methyl sites for hydroxylation is 1. The highest BCUT2D eigenvalue weighted by molar-refractivity contribution is 7.92. The number of hydrogen-bond acceptors (Lipinski definition) is 5. The number of amides is 2. The van der Waals surface area contributed by atoms with Gasteiger partial charge >= 0.3 is 0 Å². The summed E-state index contributed by atoms with van der Waals surface area (Å²) >= 11 is 19.2. The molecular weight excluding hydrogens is 633 g/mol. The average Bonchev–Trinajstić information content (AvgIpc) is 2.96. The molecule has 0 aliphatic heterocycles. The number of anilines is 1. The highest BCUT2D eigenvalue weighted by atomic mass is 35.5. The molecule has 0 spiro atoms. The summed E-state index contributed by atoms with van der Waals surface area (Å²) in [7, 11) is -2.93. The van der Waals surface area contributed by atoms with Crippen molar-refractivity contribution in [2.75, 3.05) is 24.5 Å². The zero-order chi connectivity index (χ0) is 31.9. The molecule has 0 bridgehead atoms. The number of ether oxygens (including phenoxy) is 1. The van der Waals surface area contributed by atoms with Crippen LogP contribution in [0.15, 0.2) is 65.6 Å². The van der Waals surface area contributed by atoms with Crippen molar-refractivity contribution < 1.29 is 22.7 Å². The fourth-order valence-electron chi connectivity index (χ4n) is 4.40. The molecule has 43 heavy (non-hydrogen) atoms. The maximum atomic E-state index is 14.3. The van der Waals surface area contributed by atoms with Crippen LogP contribution >= 0.6 is 34.8 Å². The van der Waals surface area contributed by atoms with Gasteiger partial charge in [0, 0.05) is 33.7 Å². The first kappa shape index (κ1) is 34.5. The molecule has 0 fully saturated rings. The van der Waals surface area contributed by atoms with Crippen LogP contribution in [0, 0.1) is 12.8 Å². The van der Waals surface area contributed by atoms with Crippen molar-refractivity contribution in [3.05, 3.63) is 86.9 Å². The Hall–Kier alpha value is -2.98. The lowest BCUT2D eigenvalue weighted by molar-refractivity contribution is -0.140. The summed E-state index contributed by atoms with van der Waals surface area (Å²) < 4.78 is 34.7. The third-order valence-electron chi connectivity index (χ3n) is 6.76. The number of nitrogens with zero attached hydrogens (tertiary/aromatic N) is 2. The van der Waals surface area contributed by atoms with Crippen molar-refractivity contribution in [1.82, 2.24) is 10.2 Å². The Bertz CT molecular complexity index is 1530. The van der Waals surface area contributed by atoms with E-state index in [9.17, 15) is 18.0 Å². The zero-order valence-electron chi connectivity index (χ0n) is 24.7. The molecule has 0 saturated heterocycles. The van der Waals surface area contributed by atoms with Crippen molar-refractivity contribution >= 4 is 62.3 Å². The van der Waals surface area contributed by atoms with Crippen LogP contribution in [0.1, 0.15) is 38.3 Å². The monoisotopic (exact) mass is 667 g/mol. The summed E-state index contributed by atoms with van der Waals surface area (Å²) in [6, 6.07) is 14.8. The highest BCUT2D eigenvalue weighted by Crippen LogP contribution is 2.35. The fraction of sp³-hybridized carbons (Fsp3) is 0.355. The van der Waals surface area contributed by atoms with E-state index in [4.69, 9.17) is 39.5 Å². The van der Waals surface area contributed by atoms with Gasteiger partial charge in [-0.05, 0) is 61.7 Å². The lowest BCUT2D eigenvalue weighted by Crippen LogP contribution is -2.52. The Morgan fingerprint density at radius 2 is 1.60 bits per heavy atom. The summed E-state index contributed by atoms with van der Waals surface area (Å²) in [6.45, 7) is 7.14. The predicted molar refractivity (Wildman–Crippen MR) is 173 cm³/mol. The molecule has 1 N–H and O–H groups in total. The van der Waals surface area contributed by atoms with E-state index >= 15 is 0 Å². The van der Waals surface area contributed by atoms with Gasteiger partial charge in [0.05, 0.1) is 17.7 Å². The van der Waals surface area contributed by atoms with Gasteiger partial charge in [0.1, 0.15) is 18.3 Å². The van der Waals surface area contributed by atoms with Crippen LogP contribution in [-0.2, 0) is 26.2 Å². The molecule has 0 unspecified atom stereocenters. The van der Waals surface area contributed by atoms with Crippen LogP contribution in [0.2, 0.25) is 15.1 Å². The molecule has 0 saturated carbocycles. The molecule has 1 atom stereocenters. The first-order chi connectivity index (χ1) is 20.3. The largest absolute Gasteiger partial charge is 0.495 e. The SMILES string of the molecule is CC[C@@H](C(=O)NCC(C)C)N(Cc1c(Cl)cccc1Cl)C(=O)CN(c1cc(Cl)ccc1OC)S(=O)(=O)c1ccc(C)cc1. The molecule has 3 aromatic rings. The molecule has 3 rings (SSSR count). The Labute approximate surface area is 268 Å². The number of halogens is 3. The standard InChI is InChI=1S/C31H36Cl3N3O5S/c1-6-27(31(39)35-17-20(2)3)36(18-24-25(33)8-7-9-26(24)34)30(38)19-37(28-16-22(32)12-15-29(28)42-5)43(40,41)23-13-10-21(4)11-14-23/h7-16,20,27H,6,17-19H2,1-5H3,(H,35,39)/t27-/m0/s1. The van der Waals surface area contributed by atoms with Gasteiger partial charge in [-0.3, -0.25) is 13.9 Å². The van der Waals surface area contributed by atoms with Crippen molar-refractivity contribution in [2.45, 2.75) is 51.6 Å². The Morgan fingerprint density at radius 3 is 2.16 bits per heavy atom. The van der Waals surface area contributed by atoms with Crippen LogP contribution < -0.4 is 14.4 Å². The van der Waals surface area contributed by atoms with Crippen LogP contribution in [-0.4, -0.2) is 51.4 Å². The van der Waals surface area contributed by atoms with Gasteiger partial charge in [-0.2, -0.15) is 0 Å². The highest BCUT2D eigenvalue weighted by Gasteiger charge is 2.35. The Morgan fingerprint density at radius 1 is 0.977 bits per heavy atom. The maximum absolute atomic E-state index is 14.3. The van der Waals surface area contributed by atoms with Gasteiger partial charge in [-0.1, -0.05) is 79.3 Å². The molecule has 3 aromatic carbocycles. The van der Waals surface area contributed by atoms with E-state index in [1.807, 2.05) is 20.8 Å². The average molecular weight is 669 g/mol. The van der Waals surface area contributed by atoms with E-state index in [1.54, 1.807) is 43.3 Å². The van der Waals surface area contributed by atoms with Gasteiger partial charge in [0.15, 0.2) is 0 Å². The second-order valence-electron chi connectivity index (χ2n) is 10.4. The lowest BCUT2D eigenvalue weighted by atomic mass is 10.1. The number of sulfonamides is 1. The Balaban J connectivity index is 2.16. The van der Waals surface area contributed by atoms with E-state index in [0.29, 0.717) is 22.2 Å². The third-order valence-corrected chi connectivity index (χ3v) is 9.48. The molecule has 12 heteroatoms. The first-order valence-electron chi connectivity index (χ1n) is 13.7. The lowest BCUT2D eigenvalue weighted by Gasteiger charge is -2.34. The third kappa shape index (κ3) is 8.56. The number of carbonyl (C=O) groups excluding carboxylic acids is 2. The first-order valence-corrected chi connectivity index (χ1v) is 16.3. The normalized spacial score (nSPS) is 12.1. The van der Waals surface area contributed by atoms with Crippen LogP contribution in [0.4, 0.5) is 5.69 Å². The van der Waals surface area contributed by atoms with E-state index in [1.165, 1.54) is 36.3 Å². The smallest absolute Gasteiger partial charge is 0.264 e. The van der Waals surface area contributed by atoms with Crippen LogP contribution in [0.3, 0.4) is 0 Å². The number of nitrogens with one attached hydrogen (secondary N) is 1. The van der Waals surface area contributed by atoms with Gasteiger partial charge in [0.2, 0.25) is 11.8 Å². The van der Waals surface area contributed by atoms with Crippen molar-refractivity contribution in [3.8, 4) is 5.75 Å². The molecule has 0 aromatic heterocycles. The molecule has 8 nitrogen and oxygen atoms in total. The summed E-state index contributed by atoms with van der Waals surface area (Å²) in [6.07, 6.45) is 0.253. The molecule has 0 aliphatic carbocycles. The molecule has 232 valence electrons. The van der Waals surface area contributed by atoms with Gasteiger partial charge in [0.25, 0.3) is 10.0 Å². The Kier molecular flexibility index (Phi) is 12.2. The maximum Gasteiger partial charge on any atom is 0.264 e. The number of methoxy groups -OCH3 is 1. The summed E-state index contributed by atoms with van der Waals surface area (Å²) in [5.41, 5.74) is 1.36. The second-order valence-corrected chi connectivity index (χ2v) is 13.5. The quantitative estimate of drug-likeness (QED) is 0.218. The molecule has 0 aliphatic rings. The summed E-state index contributed by atoms with van der Waals surface area (Å²) in [4.78, 5) is 29.0. The topological polar surface area (TPSA) is 96.0 Å².